The Morgan fingerprint density at radius 2 is 0.640 bits per heavy atom. The molecule has 0 aromatic heterocycles. The Morgan fingerprint density at radius 1 is 0.301 bits per heavy atom. The van der Waals surface area contributed by atoms with Gasteiger partial charge < -0.3 is 82.7 Å². The topological polar surface area (TPSA) is 257 Å². The fraction of sp³-hybridized carbons (Fsp3) is 0.983. The number of Topliss-reactive ketones (excluding diaryl/α,β-unsaturated/α-hetero) is 2. The van der Waals surface area contributed by atoms with Crippen molar-refractivity contribution in [2.75, 3.05) is 105 Å². The molecule has 5 aliphatic heterocycles. The van der Waals surface area contributed by atoms with E-state index in [1.807, 2.05) is 0 Å². The minimum absolute atomic E-state index is 0.0520. The van der Waals surface area contributed by atoms with Crippen LogP contribution >= 0.6 is 23.2 Å². The fourth-order valence-corrected chi connectivity index (χ4v) is 35.4. The molecule has 31 atom stereocenters. The monoisotopic (exact) mass is 1950 g/mol. The number of ketones is 2. The van der Waals surface area contributed by atoms with Gasteiger partial charge in [0, 0.05) is 123 Å². The Bertz CT molecular complexity index is 3530. The maximum Gasteiger partial charge on any atom is 0.168 e. The molecule has 3 unspecified atom stereocenters. The fourth-order valence-electron chi connectivity index (χ4n) is 35.2. The Morgan fingerprint density at radius 3 is 0.985 bits per heavy atom. The number of aliphatic hydroxyl groups excluding tert-OH is 6. The van der Waals surface area contributed by atoms with Crippen LogP contribution in [-0.4, -0.2) is 202 Å². The molecule has 0 aromatic carbocycles. The molecule has 786 valence electrons. The number of fused-ring (bicyclic) bond motifs is 20. The summed E-state index contributed by atoms with van der Waals surface area (Å²) in [5.74, 6) is 14.2. The summed E-state index contributed by atoms with van der Waals surface area (Å²) >= 11 is 10.2. The molecule has 136 heavy (non-hydrogen) atoms. The Balaban J connectivity index is 0.000000135. The van der Waals surface area contributed by atoms with Crippen LogP contribution in [0.15, 0.2) is 0 Å². The minimum atomic E-state index is -0.454. The van der Waals surface area contributed by atoms with Crippen LogP contribution in [0.25, 0.3) is 0 Å². The number of carbonyl (C=O) groups excluding carboxylic acids is 2. The molecule has 5 heterocycles. The van der Waals surface area contributed by atoms with Crippen molar-refractivity contribution >= 4 is 34.8 Å². The molecule has 21 rings (SSSR count). The van der Waals surface area contributed by atoms with Crippen LogP contribution in [0, 0.1) is 138 Å². The molecular weight excluding hydrogens is 1760 g/mol. The van der Waals surface area contributed by atoms with Crippen molar-refractivity contribution in [2.45, 2.75) is 470 Å². The van der Waals surface area contributed by atoms with Gasteiger partial charge in [-0.2, -0.15) is 0 Å². The van der Waals surface area contributed by atoms with E-state index in [-0.39, 0.29) is 60.4 Å². The highest BCUT2D eigenvalue weighted by Crippen LogP contribution is 2.73. The summed E-state index contributed by atoms with van der Waals surface area (Å²) in [6.07, 6.45) is 68.4. The van der Waals surface area contributed by atoms with Gasteiger partial charge in [0.25, 0.3) is 0 Å². The Kier molecular flexibility index (Phi) is 41.6. The summed E-state index contributed by atoms with van der Waals surface area (Å²) in [6.45, 7) is 29.4. The molecule has 21 fully saturated rings. The zero-order chi connectivity index (χ0) is 96.4. The lowest BCUT2D eigenvalue weighted by Gasteiger charge is -2.61. The molecule has 0 amide bonds. The van der Waals surface area contributed by atoms with Crippen molar-refractivity contribution in [3.05, 3.63) is 0 Å². The lowest BCUT2D eigenvalue weighted by Crippen LogP contribution is -2.56. The summed E-state index contributed by atoms with van der Waals surface area (Å²) in [4.78, 5) is 23.9. The largest absolute Gasteiger partial charge is 0.396 e. The van der Waals surface area contributed by atoms with Gasteiger partial charge in [-0.1, -0.05) is 93.9 Å². The third-order valence-corrected chi connectivity index (χ3v) is 43.6. The number of hydrogen-bond donors (Lipinski definition) is 6. The van der Waals surface area contributed by atoms with Crippen LogP contribution in [0.5, 0.6) is 0 Å². The summed E-state index contributed by atoms with van der Waals surface area (Å²) in [5.41, 5.74) is 2.95. The van der Waals surface area contributed by atoms with Gasteiger partial charge in [0.1, 0.15) is 11.6 Å². The number of rotatable bonds is 24. The van der Waals surface area contributed by atoms with Gasteiger partial charge in [-0.3, -0.25) is 9.59 Å². The molecule has 2 spiro atoms. The first-order chi connectivity index (χ1) is 65.7. The SMILES string of the molecule is CCl.C[C@]12CCC(=O)C[C@@H]1CC[C@@H]1[C@@H]2CC[C@]2(C)[C@@H](O)CC[C@@H]12.C[C@]12CCC(=O)C[C@@H]1CC[C@@H]1[C@@H]2CC[C@]2(C)[C@@H](OCCCCCCO)CC[C@@H]12.C[C@]12CCC3(C[C@@H]1CC[C@@H]1[C@@H]2CC[C@]2(C)[C@@H](O)CC[C@@H]12)OCCO3.C[C@]12CCC3(C[C@@H]1CC[C@@H]1[C@@H]2CC[C@]2(C)[C@@H](OCCCCCCOC4CCCCO4)CC[C@@H]12)OCCO3.ClCCCCCCOC1CCCCO1.OC1CCCO1.OCCO. The predicted octanol–water partition coefficient (Wildman–Crippen LogP) is 24.2. The predicted molar refractivity (Wildman–Crippen MR) is 537 cm³/mol. The first-order valence-electron chi connectivity index (χ1n) is 57.4. The Hall–Kier alpha value is -0.760. The number of ether oxygens (including phenoxy) is 11. The van der Waals surface area contributed by atoms with Crippen molar-refractivity contribution in [1.29, 1.82) is 0 Å². The third-order valence-electron chi connectivity index (χ3n) is 43.3. The van der Waals surface area contributed by atoms with Crippen LogP contribution in [0.3, 0.4) is 0 Å². The maximum atomic E-state index is 12.1. The van der Waals surface area contributed by atoms with E-state index in [2.05, 4.69) is 67.0 Å². The highest BCUT2D eigenvalue weighted by Gasteiger charge is 2.67. The second-order valence-electron chi connectivity index (χ2n) is 49.9. The van der Waals surface area contributed by atoms with E-state index in [0.29, 0.717) is 74.7 Å². The average Bonchev–Trinajstić information content (AvgIpc) is 1.45. The number of hydrogen-bond acceptors (Lipinski definition) is 19. The van der Waals surface area contributed by atoms with Gasteiger partial charge in [-0.05, 0) is 401 Å². The number of halogens is 2. The second kappa shape index (κ2) is 51.0. The molecule has 5 saturated heterocycles. The molecular formula is C115H198Cl2O19. The molecule has 0 bridgehead atoms. The number of unbranched alkanes of at least 4 members (excludes halogenated alkanes) is 9. The summed E-state index contributed by atoms with van der Waals surface area (Å²) in [7, 11) is 0. The van der Waals surface area contributed by atoms with Crippen molar-refractivity contribution in [3.63, 3.8) is 0 Å². The first-order valence-corrected chi connectivity index (χ1v) is 58.7. The normalized spacial score (nSPS) is 44.3. The van der Waals surface area contributed by atoms with E-state index in [1.54, 1.807) is 0 Å². The first kappa shape index (κ1) is 111. The summed E-state index contributed by atoms with van der Waals surface area (Å²) in [5, 5.41) is 53.7. The quantitative estimate of drug-likeness (QED) is 0.0388. The Labute approximate surface area is 834 Å². The van der Waals surface area contributed by atoms with E-state index in [1.165, 1.54) is 225 Å². The second-order valence-corrected chi connectivity index (χ2v) is 50.3. The minimum Gasteiger partial charge on any atom is -0.396 e. The molecule has 21 aliphatic rings. The van der Waals surface area contributed by atoms with Crippen molar-refractivity contribution in [3.8, 4) is 0 Å². The van der Waals surface area contributed by atoms with Crippen molar-refractivity contribution < 1.29 is 92.3 Å². The molecule has 6 N–H and O–H groups in total. The average molecular weight is 1960 g/mol. The highest BCUT2D eigenvalue weighted by molar-refractivity contribution is 6.17. The zero-order valence-corrected chi connectivity index (χ0v) is 88.7. The van der Waals surface area contributed by atoms with E-state index in [0.717, 1.165) is 303 Å². The van der Waals surface area contributed by atoms with Crippen molar-refractivity contribution in [1.82, 2.24) is 0 Å². The van der Waals surface area contributed by atoms with Crippen LogP contribution in [-0.2, 0) is 61.7 Å². The molecule has 21 heteroatoms. The van der Waals surface area contributed by atoms with Gasteiger partial charge >= 0.3 is 0 Å². The van der Waals surface area contributed by atoms with Gasteiger partial charge in [-0.25, -0.2) is 0 Å². The molecule has 19 nitrogen and oxygen atoms in total. The number of aliphatic hydroxyl groups is 6. The van der Waals surface area contributed by atoms with Crippen LogP contribution in [0.4, 0.5) is 0 Å². The number of carbonyl (C=O) groups is 2. The number of alkyl halides is 2. The van der Waals surface area contributed by atoms with Crippen LogP contribution in [0.1, 0.15) is 415 Å². The maximum absolute atomic E-state index is 12.1. The molecule has 0 aromatic rings. The van der Waals surface area contributed by atoms with Crippen molar-refractivity contribution in [2.24, 2.45) is 138 Å². The van der Waals surface area contributed by atoms with E-state index in [9.17, 15) is 19.8 Å². The van der Waals surface area contributed by atoms with Gasteiger partial charge in [-0.15, -0.1) is 23.2 Å². The summed E-state index contributed by atoms with van der Waals surface area (Å²) < 4.78 is 64.9. The van der Waals surface area contributed by atoms with Gasteiger partial charge in [0.15, 0.2) is 30.4 Å². The van der Waals surface area contributed by atoms with Crippen LogP contribution in [0.2, 0.25) is 0 Å². The summed E-state index contributed by atoms with van der Waals surface area (Å²) in [6, 6.07) is 0. The standard InChI is InChI=1S/C32H54O5.C25H42O3.C21H34O3.C19H30O2.C11H21ClO2.C4H8O2.C2H6O2.CH3Cl/c1-30-16-17-32(36-21-22-37-32)23-24(30)10-11-25-26-12-13-28(31(26,2)15-14-27(25)30)33-18-6-3-4-7-19-34-29-9-5-8-20-35-29;1-24-13-11-19(27)17-18(24)7-8-20-21-9-10-23(25(21,2)14-12-22(20)24)28-16-6-4-3-5-15-26;1-19-9-10-21(23-11-12-24-21)13-14(19)3-4-15-16-5-6-18(22)20(16,2)8-7-17(15)19;1-18-9-7-13(20)11-12(18)3-4-14-15-5-6-17(21)19(15,2)10-8-16(14)18;12-8-4-1-2-5-9-13-11-7-3-6-10-14-11;5-4-2-1-3-6-4;3-1-2-4;1-2/h24-29H,3-23H2,1-2H3;18,20-23,26H,3-17H2,1-2H3;14-18,22H,3-13H2,1-2H3;12,14-17,21H,3-11H2,1-2H3;11H,1-10H2;4-5H,1-3H2;3-4H,1-2H2;1H3/t24-,25-,26-,27-,28-,29?,30-,31-;18-,20-,21-,22-,23-,24-,25-;14-,15-,16-,17-,18-,19-,20-;12-,14-,15-,16-,17-,18-,19-;;;;/m0000..../s1. The van der Waals surface area contributed by atoms with E-state index >= 15 is 0 Å². The zero-order valence-electron chi connectivity index (χ0n) is 87.2. The third kappa shape index (κ3) is 25.2. The van der Waals surface area contributed by atoms with Gasteiger partial charge in [0.05, 0.1) is 64.1 Å². The van der Waals surface area contributed by atoms with E-state index in [4.69, 9.17) is 84.1 Å². The lowest BCUT2D eigenvalue weighted by atomic mass is 9.45. The highest BCUT2D eigenvalue weighted by atomic mass is 35.5. The lowest BCUT2D eigenvalue weighted by molar-refractivity contribution is -0.230. The molecule has 16 aliphatic carbocycles. The van der Waals surface area contributed by atoms with Gasteiger partial charge in [0.2, 0.25) is 0 Å². The smallest absolute Gasteiger partial charge is 0.168 e. The molecule has 16 saturated carbocycles. The molecule has 0 radical (unpaired) electrons. The van der Waals surface area contributed by atoms with Crippen LogP contribution < -0.4 is 0 Å². The van der Waals surface area contributed by atoms with E-state index < -0.39 is 6.29 Å².